The first-order valence-electron chi connectivity index (χ1n) is 7.08. The summed E-state index contributed by atoms with van der Waals surface area (Å²) in [5, 5.41) is 7.27. The minimum atomic E-state index is -1.09. The lowest BCUT2D eigenvalue weighted by Gasteiger charge is -2.26. The maximum Gasteiger partial charge on any atom is 0.244 e. The molecule has 0 aliphatic heterocycles. The second-order valence-electron chi connectivity index (χ2n) is 5.75. The summed E-state index contributed by atoms with van der Waals surface area (Å²) in [7, 11) is 1.86. The number of aryl methyl sites for hydroxylation is 2. The smallest absolute Gasteiger partial charge is 0.244 e. The largest absolute Gasteiger partial charge is 0.348 e. The van der Waals surface area contributed by atoms with Gasteiger partial charge in [-0.15, -0.1) is 0 Å². The molecule has 5 nitrogen and oxygen atoms in total. The van der Waals surface area contributed by atoms with E-state index in [0.29, 0.717) is 0 Å². The molecule has 0 saturated heterocycles. The first-order chi connectivity index (χ1) is 10.2. The molecule has 0 aliphatic carbocycles. The van der Waals surface area contributed by atoms with Crippen LogP contribution in [0.5, 0.6) is 0 Å². The van der Waals surface area contributed by atoms with Crippen LogP contribution in [0.2, 0.25) is 0 Å². The van der Waals surface area contributed by atoms with Crippen LogP contribution in [-0.4, -0.2) is 15.7 Å². The van der Waals surface area contributed by atoms with Crippen LogP contribution in [0.15, 0.2) is 34.9 Å². The molecule has 0 fully saturated rings. The van der Waals surface area contributed by atoms with E-state index in [1.807, 2.05) is 51.4 Å². The van der Waals surface area contributed by atoms with Crippen molar-refractivity contribution in [3.8, 4) is 0 Å². The number of amides is 1. The fourth-order valence-corrected chi connectivity index (χ4v) is 2.66. The molecular weight excluding hydrogens is 344 g/mol. The Morgan fingerprint density at radius 1 is 1.41 bits per heavy atom. The molecule has 2 unspecified atom stereocenters. The van der Waals surface area contributed by atoms with E-state index in [1.165, 1.54) is 0 Å². The summed E-state index contributed by atoms with van der Waals surface area (Å²) in [5.41, 5.74) is 7.82. The van der Waals surface area contributed by atoms with Gasteiger partial charge >= 0.3 is 0 Å². The summed E-state index contributed by atoms with van der Waals surface area (Å²) in [5.74, 6) is -0.217. The predicted molar refractivity (Wildman–Crippen MR) is 90.2 cm³/mol. The van der Waals surface area contributed by atoms with Gasteiger partial charge in [0.25, 0.3) is 0 Å². The van der Waals surface area contributed by atoms with Gasteiger partial charge in [-0.3, -0.25) is 9.48 Å². The van der Waals surface area contributed by atoms with Crippen molar-refractivity contribution in [2.45, 2.75) is 32.4 Å². The van der Waals surface area contributed by atoms with E-state index in [4.69, 9.17) is 5.73 Å². The lowest BCUT2D eigenvalue weighted by atomic mass is 9.91. The third kappa shape index (κ3) is 3.39. The summed E-state index contributed by atoms with van der Waals surface area (Å²) in [4.78, 5) is 12.6. The molecular formula is C16H21BrN4O. The Morgan fingerprint density at radius 3 is 2.50 bits per heavy atom. The first kappa shape index (κ1) is 16.7. The minimum Gasteiger partial charge on any atom is -0.348 e. The topological polar surface area (TPSA) is 72.9 Å². The maximum absolute atomic E-state index is 12.6. The summed E-state index contributed by atoms with van der Waals surface area (Å²) in [6.07, 6.45) is 1.91. The van der Waals surface area contributed by atoms with Crippen LogP contribution in [0.25, 0.3) is 0 Å². The van der Waals surface area contributed by atoms with Gasteiger partial charge in [-0.2, -0.15) is 5.10 Å². The molecule has 2 rings (SSSR count). The molecule has 6 heteroatoms. The molecule has 0 saturated carbocycles. The molecule has 0 radical (unpaired) electrons. The molecule has 0 spiro atoms. The molecule has 1 aromatic carbocycles. The molecule has 22 heavy (non-hydrogen) atoms. The molecule has 0 bridgehead atoms. The third-order valence-corrected chi connectivity index (χ3v) is 4.31. The number of carbonyl (C=O) groups is 1. The highest BCUT2D eigenvalue weighted by molar-refractivity contribution is 9.10. The minimum absolute atomic E-state index is 0.153. The second kappa shape index (κ2) is 6.22. The molecule has 118 valence electrons. The Morgan fingerprint density at radius 2 is 2.00 bits per heavy atom. The monoisotopic (exact) mass is 364 g/mol. The normalized spacial score (nSPS) is 15.2. The Hall–Kier alpha value is -1.66. The van der Waals surface area contributed by atoms with Crippen molar-refractivity contribution in [2.75, 3.05) is 0 Å². The summed E-state index contributed by atoms with van der Waals surface area (Å²) >= 11 is 3.38. The van der Waals surface area contributed by atoms with E-state index in [2.05, 4.69) is 26.3 Å². The number of nitrogens with two attached hydrogens (primary N) is 1. The van der Waals surface area contributed by atoms with Gasteiger partial charge in [0.2, 0.25) is 5.91 Å². The highest BCUT2D eigenvalue weighted by Gasteiger charge is 2.31. The number of hydrogen-bond donors (Lipinski definition) is 2. The highest BCUT2D eigenvalue weighted by Crippen LogP contribution is 2.23. The molecule has 2 aromatic rings. The number of nitrogens with one attached hydrogen (secondary N) is 1. The zero-order valence-electron chi connectivity index (χ0n) is 13.2. The predicted octanol–water partition coefficient (Wildman–Crippen LogP) is 2.54. The van der Waals surface area contributed by atoms with Gasteiger partial charge in [0.1, 0.15) is 5.54 Å². The second-order valence-corrected chi connectivity index (χ2v) is 6.66. The van der Waals surface area contributed by atoms with Crippen molar-refractivity contribution < 1.29 is 4.79 Å². The first-order valence-corrected chi connectivity index (χ1v) is 7.87. The van der Waals surface area contributed by atoms with Crippen molar-refractivity contribution >= 4 is 21.8 Å². The number of halogens is 1. The molecule has 2 atom stereocenters. The van der Waals surface area contributed by atoms with Gasteiger partial charge in [0.05, 0.1) is 11.7 Å². The number of rotatable bonds is 4. The van der Waals surface area contributed by atoms with Gasteiger partial charge in [0, 0.05) is 23.3 Å². The summed E-state index contributed by atoms with van der Waals surface area (Å²) in [6, 6.07) is 7.30. The Labute approximate surface area is 139 Å². The average molecular weight is 365 g/mol. The standard InChI is InChI=1S/C16H21BrN4O/c1-10(14-9-21(4)20-11(14)2)19-15(22)16(3,18)12-5-7-13(17)8-6-12/h5-10H,18H2,1-4H3,(H,19,22). The van der Waals surface area contributed by atoms with E-state index in [0.717, 1.165) is 21.3 Å². The van der Waals surface area contributed by atoms with Gasteiger partial charge in [0.15, 0.2) is 0 Å². The van der Waals surface area contributed by atoms with Crippen molar-refractivity contribution in [1.29, 1.82) is 0 Å². The zero-order valence-corrected chi connectivity index (χ0v) is 14.8. The van der Waals surface area contributed by atoms with E-state index in [1.54, 1.807) is 11.6 Å². The number of hydrogen-bond acceptors (Lipinski definition) is 3. The Kier molecular flexibility index (Phi) is 4.72. The van der Waals surface area contributed by atoms with Gasteiger partial charge in [-0.1, -0.05) is 28.1 Å². The summed E-state index contributed by atoms with van der Waals surface area (Å²) < 4.78 is 2.69. The molecule has 1 aromatic heterocycles. The number of nitrogens with zero attached hydrogens (tertiary/aromatic N) is 2. The zero-order chi connectivity index (χ0) is 16.5. The van der Waals surface area contributed by atoms with Crippen LogP contribution in [0.3, 0.4) is 0 Å². The summed E-state index contributed by atoms with van der Waals surface area (Å²) in [6.45, 7) is 5.57. The quantitative estimate of drug-likeness (QED) is 0.875. The molecule has 1 heterocycles. The van der Waals surface area contributed by atoms with Crippen molar-refractivity contribution in [3.63, 3.8) is 0 Å². The molecule has 1 amide bonds. The fraction of sp³-hybridized carbons (Fsp3) is 0.375. The number of carbonyl (C=O) groups excluding carboxylic acids is 1. The van der Waals surface area contributed by atoms with Crippen LogP contribution in [0.4, 0.5) is 0 Å². The lowest BCUT2D eigenvalue weighted by molar-refractivity contribution is -0.126. The van der Waals surface area contributed by atoms with Crippen molar-refractivity contribution in [3.05, 3.63) is 51.8 Å². The average Bonchev–Trinajstić information content (AvgIpc) is 2.78. The van der Waals surface area contributed by atoms with E-state index in [9.17, 15) is 4.79 Å². The van der Waals surface area contributed by atoms with Crippen molar-refractivity contribution in [1.82, 2.24) is 15.1 Å². The maximum atomic E-state index is 12.6. The number of aromatic nitrogens is 2. The molecule has 3 N–H and O–H groups in total. The third-order valence-electron chi connectivity index (χ3n) is 3.78. The Balaban J connectivity index is 2.16. The SMILES string of the molecule is Cc1nn(C)cc1C(C)NC(=O)C(C)(N)c1ccc(Br)cc1. The van der Waals surface area contributed by atoms with Crippen LogP contribution in [-0.2, 0) is 17.4 Å². The van der Waals surface area contributed by atoms with E-state index < -0.39 is 5.54 Å². The Bertz CT molecular complexity index is 676. The van der Waals surface area contributed by atoms with Crippen LogP contribution in [0.1, 0.15) is 36.7 Å². The van der Waals surface area contributed by atoms with Gasteiger partial charge in [-0.05, 0) is 38.5 Å². The van der Waals surface area contributed by atoms with E-state index >= 15 is 0 Å². The van der Waals surface area contributed by atoms with Crippen LogP contribution < -0.4 is 11.1 Å². The van der Waals surface area contributed by atoms with Crippen LogP contribution >= 0.6 is 15.9 Å². The highest BCUT2D eigenvalue weighted by atomic mass is 79.9. The van der Waals surface area contributed by atoms with Crippen molar-refractivity contribution in [2.24, 2.45) is 12.8 Å². The van der Waals surface area contributed by atoms with Gasteiger partial charge in [-0.25, -0.2) is 0 Å². The van der Waals surface area contributed by atoms with E-state index in [-0.39, 0.29) is 11.9 Å². The fourth-order valence-electron chi connectivity index (χ4n) is 2.39. The lowest BCUT2D eigenvalue weighted by Crippen LogP contribution is -2.49. The molecule has 0 aliphatic rings. The van der Waals surface area contributed by atoms with Gasteiger partial charge < -0.3 is 11.1 Å². The number of benzene rings is 1. The van der Waals surface area contributed by atoms with Crippen LogP contribution in [0, 0.1) is 6.92 Å².